The van der Waals surface area contributed by atoms with Gasteiger partial charge in [0.1, 0.15) is 0 Å². The monoisotopic (exact) mass is 254 g/mol. The smallest absolute Gasteiger partial charge is 0.0678 e. The van der Waals surface area contributed by atoms with E-state index >= 15 is 0 Å². The van der Waals surface area contributed by atoms with E-state index in [9.17, 15) is 0 Å². The quantitative estimate of drug-likeness (QED) is 0.557. The second-order valence-corrected chi connectivity index (χ2v) is 5.21. The van der Waals surface area contributed by atoms with Gasteiger partial charge in [-0.3, -0.25) is 5.32 Å². The zero-order chi connectivity index (χ0) is 12.9. The first kappa shape index (κ1) is 15.5. The first-order valence-corrected chi connectivity index (χ1v) is 7.66. The number of unbranched alkanes of at least 4 members (excludes halogenated alkanes) is 8. The van der Waals surface area contributed by atoms with E-state index in [-0.39, 0.29) is 0 Å². The Hall–Kier alpha value is -0.540. The van der Waals surface area contributed by atoms with Gasteiger partial charge in [-0.1, -0.05) is 51.0 Å². The average Bonchev–Trinajstić information content (AvgIpc) is 2.42. The van der Waals surface area contributed by atoms with Crippen LogP contribution in [0, 0.1) is 0 Å². The van der Waals surface area contributed by atoms with Crippen LogP contribution in [0.15, 0.2) is 12.3 Å². The molecular formula is C15H30N2O. The molecule has 18 heavy (non-hydrogen) atoms. The molecule has 0 aromatic rings. The standard InChI is InChI=1S/C15H30N2O/c18-14-9-7-5-3-1-2-4-6-8-12-17-13-10-11-16-15-17/h10,13,16,18H,1-9,11-12,14-15H2. The number of aliphatic hydroxyl groups excluding tert-OH is 1. The molecule has 0 saturated carbocycles. The summed E-state index contributed by atoms with van der Waals surface area (Å²) in [6.45, 7) is 3.59. The molecule has 0 spiro atoms. The van der Waals surface area contributed by atoms with Crippen LogP contribution in [0.5, 0.6) is 0 Å². The lowest BCUT2D eigenvalue weighted by molar-refractivity contribution is 0.282. The Morgan fingerprint density at radius 1 is 0.889 bits per heavy atom. The summed E-state index contributed by atoms with van der Waals surface area (Å²) in [6.07, 6.45) is 16.0. The van der Waals surface area contributed by atoms with Gasteiger partial charge in [-0.05, 0) is 19.0 Å². The van der Waals surface area contributed by atoms with Crippen molar-refractivity contribution in [3.8, 4) is 0 Å². The molecule has 106 valence electrons. The van der Waals surface area contributed by atoms with E-state index in [2.05, 4.69) is 22.5 Å². The van der Waals surface area contributed by atoms with Gasteiger partial charge in [0, 0.05) is 19.7 Å². The largest absolute Gasteiger partial charge is 0.396 e. The van der Waals surface area contributed by atoms with Gasteiger partial charge in [-0.25, -0.2) is 0 Å². The number of nitrogens with zero attached hydrogens (tertiary/aromatic N) is 1. The Morgan fingerprint density at radius 3 is 2.06 bits per heavy atom. The van der Waals surface area contributed by atoms with Crippen LogP contribution in [0.3, 0.4) is 0 Å². The molecule has 0 aromatic carbocycles. The van der Waals surface area contributed by atoms with E-state index in [0.717, 1.165) is 19.6 Å². The molecule has 0 saturated heterocycles. The van der Waals surface area contributed by atoms with Gasteiger partial charge in [-0.15, -0.1) is 0 Å². The second kappa shape index (κ2) is 11.5. The van der Waals surface area contributed by atoms with Crippen molar-refractivity contribution in [3.63, 3.8) is 0 Å². The molecule has 0 bridgehead atoms. The molecule has 0 unspecified atom stereocenters. The van der Waals surface area contributed by atoms with Crippen molar-refractivity contribution in [2.75, 3.05) is 26.4 Å². The summed E-state index contributed by atoms with van der Waals surface area (Å²) in [6, 6.07) is 0. The fraction of sp³-hybridized carbons (Fsp3) is 0.867. The molecule has 2 N–H and O–H groups in total. The molecule has 0 radical (unpaired) electrons. The maximum atomic E-state index is 8.66. The number of aliphatic hydroxyl groups is 1. The second-order valence-electron chi connectivity index (χ2n) is 5.21. The van der Waals surface area contributed by atoms with Crippen LogP contribution in [0.2, 0.25) is 0 Å². The third-order valence-corrected chi connectivity index (χ3v) is 3.50. The highest BCUT2D eigenvalue weighted by Gasteiger charge is 2.01. The Kier molecular flexibility index (Phi) is 9.95. The molecule has 0 amide bonds. The van der Waals surface area contributed by atoms with Crippen LogP contribution >= 0.6 is 0 Å². The van der Waals surface area contributed by atoms with Gasteiger partial charge in [0.25, 0.3) is 0 Å². The predicted molar refractivity (Wildman–Crippen MR) is 77.4 cm³/mol. The molecule has 1 rings (SSSR count). The Labute approximate surface area is 112 Å². The summed E-state index contributed by atoms with van der Waals surface area (Å²) in [4.78, 5) is 2.36. The van der Waals surface area contributed by atoms with Crippen molar-refractivity contribution < 1.29 is 5.11 Å². The van der Waals surface area contributed by atoms with Crippen LogP contribution in [-0.4, -0.2) is 36.4 Å². The van der Waals surface area contributed by atoms with Gasteiger partial charge in [-0.2, -0.15) is 0 Å². The summed E-state index contributed by atoms with van der Waals surface area (Å²) in [5, 5.41) is 12.0. The van der Waals surface area contributed by atoms with E-state index in [1.165, 1.54) is 57.9 Å². The molecule has 1 heterocycles. The third-order valence-electron chi connectivity index (χ3n) is 3.50. The minimum absolute atomic E-state index is 0.361. The number of nitrogens with one attached hydrogen (secondary N) is 1. The minimum Gasteiger partial charge on any atom is -0.396 e. The van der Waals surface area contributed by atoms with E-state index in [0.29, 0.717) is 6.61 Å². The van der Waals surface area contributed by atoms with E-state index in [1.54, 1.807) is 0 Å². The normalized spacial score (nSPS) is 15.3. The van der Waals surface area contributed by atoms with Crippen LogP contribution in [-0.2, 0) is 0 Å². The van der Waals surface area contributed by atoms with Gasteiger partial charge < -0.3 is 10.0 Å². The topological polar surface area (TPSA) is 35.5 Å². The van der Waals surface area contributed by atoms with Crippen LogP contribution in [0.25, 0.3) is 0 Å². The number of hydrogen-bond donors (Lipinski definition) is 2. The Balaban J connectivity index is 1.75. The maximum absolute atomic E-state index is 8.66. The van der Waals surface area contributed by atoms with Gasteiger partial charge in [0.05, 0.1) is 6.67 Å². The minimum atomic E-state index is 0.361. The summed E-state index contributed by atoms with van der Waals surface area (Å²) < 4.78 is 0. The molecule has 0 fully saturated rings. The maximum Gasteiger partial charge on any atom is 0.0678 e. The molecule has 0 aliphatic carbocycles. The zero-order valence-electron chi connectivity index (χ0n) is 11.7. The van der Waals surface area contributed by atoms with Crippen LogP contribution in [0.4, 0.5) is 0 Å². The lowest BCUT2D eigenvalue weighted by Crippen LogP contribution is -2.34. The van der Waals surface area contributed by atoms with Crippen molar-refractivity contribution >= 4 is 0 Å². The molecule has 1 aliphatic rings. The summed E-state index contributed by atoms with van der Waals surface area (Å²) in [7, 11) is 0. The van der Waals surface area contributed by atoms with E-state index < -0.39 is 0 Å². The molecule has 3 nitrogen and oxygen atoms in total. The van der Waals surface area contributed by atoms with Crippen LogP contribution in [0.1, 0.15) is 57.8 Å². The van der Waals surface area contributed by atoms with Crippen LogP contribution < -0.4 is 5.32 Å². The summed E-state index contributed by atoms with van der Waals surface area (Å²) in [5.41, 5.74) is 0. The van der Waals surface area contributed by atoms with Crippen molar-refractivity contribution in [1.82, 2.24) is 10.2 Å². The molecule has 3 heteroatoms. The van der Waals surface area contributed by atoms with Crippen molar-refractivity contribution in [3.05, 3.63) is 12.3 Å². The van der Waals surface area contributed by atoms with Crippen molar-refractivity contribution in [1.29, 1.82) is 0 Å². The summed E-state index contributed by atoms with van der Waals surface area (Å²) >= 11 is 0. The highest BCUT2D eigenvalue weighted by Crippen LogP contribution is 2.10. The predicted octanol–water partition coefficient (Wildman–Crippen LogP) is 2.87. The molecular weight excluding hydrogens is 224 g/mol. The third kappa shape index (κ3) is 8.54. The van der Waals surface area contributed by atoms with E-state index in [1.807, 2.05) is 0 Å². The fourth-order valence-electron chi connectivity index (χ4n) is 2.36. The van der Waals surface area contributed by atoms with Gasteiger partial charge in [0.2, 0.25) is 0 Å². The fourth-order valence-corrected chi connectivity index (χ4v) is 2.36. The highest BCUT2D eigenvalue weighted by molar-refractivity contribution is 4.88. The first-order valence-electron chi connectivity index (χ1n) is 7.66. The lowest BCUT2D eigenvalue weighted by Gasteiger charge is -2.23. The van der Waals surface area contributed by atoms with Crippen molar-refractivity contribution in [2.24, 2.45) is 0 Å². The number of hydrogen-bond acceptors (Lipinski definition) is 3. The van der Waals surface area contributed by atoms with E-state index in [4.69, 9.17) is 5.11 Å². The Bertz CT molecular complexity index is 207. The zero-order valence-corrected chi connectivity index (χ0v) is 11.7. The van der Waals surface area contributed by atoms with Gasteiger partial charge in [0.15, 0.2) is 0 Å². The summed E-state index contributed by atoms with van der Waals surface area (Å²) in [5.74, 6) is 0. The average molecular weight is 254 g/mol. The van der Waals surface area contributed by atoms with Gasteiger partial charge >= 0.3 is 0 Å². The Morgan fingerprint density at radius 2 is 1.50 bits per heavy atom. The molecule has 1 aliphatic heterocycles. The van der Waals surface area contributed by atoms with Crippen molar-refractivity contribution in [2.45, 2.75) is 57.8 Å². The lowest BCUT2D eigenvalue weighted by atomic mass is 10.1. The highest BCUT2D eigenvalue weighted by atomic mass is 16.2. The molecule has 0 aromatic heterocycles. The number of rotatable bonds is 11. The first-order chi connectivity index (χ1) is 8.93. The molecule has 0 atom stereocenters. The SMILES string of the molecule is OCCCCCCCCCCCN1C=CCNC1.